The van der Waals surface area contributed by atoms with Gasteiger partial charge in [0.05, 0.1) is 37.6 Å². The van der Waals surface area contributed by atoms with Crippen molar-refractivity contribution < 1.29 is 29.3 Å². The highest BCUT2D eigenvalue weighted by Crippen LogP contribution is 2.39. The van der Waals surface area contributed by atoms with Crippen LogP contribution in [0.5, 0.6) is 0 Å². The smallest absolute Gasteiger partial charge is 0.335 e. The molecule has 2 rings (SSSR count). The van der Waals surface area contributed by atoms with Gasteiger partial charge in [0.25, 0.3) is 0 Å². The molecule has 2 saturated carbocycles. The second-order valence-corrected chi connectivity index (χ2v) is 11.2. The predicted molar refractivity (Wildman–Crippen MR) is 142 cm³/mol. The van der Waals surface area contributed by atoms with E-state index in [1.807, 2.05) is 0 Å². The Morgan fingerprint density at radius 3 is 1.56 bits per heavy atom. The average Bonchev–Trinajstić information content (AvgIpc) is 2.91. The lowest BCUT2D eigenvalue weighted by Crippen LogP contribution is -2.31. The Hall–Kier alpha value is -1.66. The van der Waals surface area contributed by atoms with Crippen LogP contribution >= 0.6 is 0 Å². The van der Waals surface area contributed by atoms with Crippen molar-refractivity contribution in [2.45, 2.75) is 96.8 Å². The summed E-state index contributed by atoms with van der Waals surface area (Å²) in [6, 6.07) is 0. The highest BCUT2D eigenvalue weighted by molar-refractivity contribution is 5.88. The molecular weight excluding hydrogens is 456 g/mol. The van der Waals surface area contributed by atoms with Gasteiger partial charge >= 0.3 is 11.9 Å². The van der Waals surface area contributed by atoms with Gasteiger partial charge in [-0.25, -0.2) is 9.59 Å². The van der Waals surface area contributed by atoms with Crippen LogP contribution in [0, 0.1) is 29.6 Å². The fraction of sp³-hybridized carbons (Fsp3) is 0.800. The normalized spacial score (nSPS) is 24.3. The fourth-order valence-corrected chi connectivity index (χ4v) is 5.93. The van der Waals surface area contributed by atoms with Crippen molar-refractivity contribution in [2.24, 2.45) is 29.6 Å². The van der Waals surface area contributed by atoms with Crippen LogP contribution in [0.2, 0.25) is 0 Å². The fourth-order valence-electron chi connectivity index (χ4n) is 5.93. The number of ether oxygens (including phenoxy) is 2. The Labute approximate surface area is 218 Å². The van der Waals surface area contributed by atoms with Crippen LogP contribution in [0.15, 0.2) is 24.3 Å². The van der Waals surface area contributed by atoms with Crippen LogP contribution < -0.4 is 0 Å². The number of carbonyl (C=O) groups is 2. The highest BCUT2D eigenvalue weighted by atomic mass is 16.5. The number of hydrogen-bond acceptors (Lipinski definition) is 6. The number of carbonyl (C=O) groups excluding carboxylic acids is 2. The summed E-state index contributed by atoms with van der Waals surface area (Å²) >= 11 is 0. The van der Waals surface area contributed by atoms with E-state index >= 15 is 0 Å². The molecule has 0 atom stereocenters. The first-order chi connectivity index (χ1) is 17.4. The lowest BCUT2D eigenvalue weighted by molar-refractivity contribution is -0.146. The molecule has 0 heterocycles. The Morgan fingerprint density at radius 1 is 0.722 bits per heavy atom. The molecule has 0 aromatic carbocycles. The summed E-state index contributed by atoms with van der Waals surface area (Å²) in [6.45, 7) is 8.65. The van der Waals surface area contributed by atoms with Gasteiger partial charge in [-0.2, -0.15) is 0 Å². The minimum absolute atomic E-state index is 0.0121. The van der Waals surface area contributed by atoms with E-state index in [-0.39, 0.29) is 30.3 Å². The molecule has 2 N–H and O–H groups in total. The molecular formula is C30H50O6. The average molecular weight is 507 g/mol. The Morgan fingerprint density at radius 2 is 1.14 bits per heavy atom. The third kappa shape index (κ3) is 10.8. The first kappa shape index (κ1) is 30.6. The minimum Gasteiger partial charge on any atom is -0.462 e. The number of esters is 2. The predicted octanol–water partition coefficient (Wildman–Crippen LogP) is 5.76. The van der Waals surface area contributed by atoms with E-state index in [2.05, 4.69) is 20.1 Å². The maximum absolute atomic E-state index is 12.0. The van der Waals surface area contributed by atoms with Crippen LogP contribution in [0.3, 0.4) is 0 Å². The van der Waals surface area contributed by atoms with E-state index in [0.29, 0.717) is 5.92 Å². The molecule has 2 aliphatic rings. The van der Waals surface area contributed by atoms with Crippen LogP contribution in [-0.2, 0) is 19.1 Å². The topological polar surface area (TPSA) is 93.1 Å². The summed E-state index contributed by atoms with van der Waals surface area (Å²) in [4.78, 5) is 24.0. The summed E-state index contributed by atoms with van der Waals surface area (Å²) < 4.78 is 10.7. The summed E-state index contributed by atoms with van der Waals surface area (Å²) in [5.41, 5.74) is 0.0243. The van der Waals surface area contributed by atoms with Gasteiger partial charge in [-0.05, 0) is 36.5 Å². The first-order valence-electron chi connectivity index (χ1n) is 14.3. The molecule has 0 aromatic rings. The van der Waals surface area contributed by atoms with E-state index in [0.717, 1.165) is 43.4 Å². The summed E-state index contributed by atoms with van der Waals surface area (Å²) in [5, 5.41) is 18.2. The SMILES string of the molecule is C=C(CO)C(=O)OCC(COC(=O)C(=C)CO)C1CCC(CCC2CCC(CCCCC)CC2)CC1. The Bertz CT molecular complexity index is 654. The first-order valence-corrected chi connectivity index (χ1v) is 14.3. The number of aliphatic hydroxyl groups is 2. The van der Waals surface area contributed by atoms with Crippen LogP contribution in [0.1, 0.15) is 96.8 Å². The van der Waals surface area contributed by atoms with Crippen LogP contribution in [-0.4, -0.2) is 48.6 Å². The van der Waals surface area contributed by atoms with Crippen molar-refractivity contribution in [3.63, 3.8) is 0 Å². The van der Waals surface area contributed by atoms with Gasteiger partial charge in [0.15, 0.2) is 0 Å². The van der Waals surface area contributed by atoms with Gasteiger partial charge in [-0.3, -0.25) is 0 Å². The molecule has 0 saturated heterocycles. The second-order valence-electron chi connectivity index (χ2n) is 11.2. The molecule has 0 spiro atoms. The van der Waals surface area contributed by atoms with E-state index in [9.17, 15) is 9.59 Å². The van der Waals surface area contributed by atoms with Gasteiger partial charge < -0.3 is 19.7 Å². The van der Waals surface area contributed by atoms with Crippen molar-refractivity contribution in [3.05, 3.63) is 24.3 Å². The maximum atomic E-state index is 12.0. The maximum Gasteiger partial charge on any atom is 0.335 e. The van der Waals surface area contributed by atoms with Crippen molar-refractivity contribution in [1.29, 1.82) is 0 Å². The Balaban J connectivity index is 1.76. The molecule has 0 radical (unpaired) electrons. The molecule has 0 unspecified atom stereocenters. The molecule has 206 valence electrons. The lowest BCUT2D eigenvalue weighted by Gasteiger charge is -2.35. The third-order valence-electron chi connectivity index (χ3n) is 8.54. The number of hydrogen-bond donors (Lipinski definition) is 2. The van der Waals surface area contributed by atoms with Gasteiger partial charge in [0, 0.05) is 5.92 Å². The number of aliphatic hydroxyl groups excluding tert-OH is 2. The number of rotatable bonds is 16. The highest BCUT2D eigenvalue weighted by Gasteiger charge is 2.31. The van der Waals surface area contributed by atoms with E-state index in [1.165, 1.54) is 64.2 Å². The molecule has 36 heavy (non-hydrogen) atoms. The largest absolute Gasteiger partial charge is 0.462 e. The zero-order chi connectivity index (χ0) is 26.3. The summed E-state index contributed by atoms with van der Waals surface area (Å²) in [6.07, 6.45) is 18.2. The van der Waals surface area contributed by atoms with Crippen molar-refractivity contribution in [3.8, 4) is 0 Å². The van der Waals surface area contributed by atoms with Gasteiger partial charge in [-0.1, -0.05) is 97.1 Å². The number of unbranched alkanes of at least 4 members (excludes halogenated alkanes) is 2. The standard InChI is InChI=1S/C30H50O6/c1-4-5-6-7-24-8-10-25(11-9-24)12-13-26-14-16-27(17-15-26)28(20-35-29(33)22(2)18-31)21-36-30(34)23(3)19-32/h24-28,31-32H,2-21H2,1H3. The molecule has 0 bridgehead atoms. The van der Waals surface area contributed by atoms with Gasteiger partial charge in [-0.15, -0.1) is 0 Å². The molecule has 6 heteroatoms. The van der Waals surface area contributed by atoms with Gasteiger partial charge in [0.2, 0.25) is 0 Å². The zero-order valence-corrected chi connectivity index (χ0v) is 22.6. The second kappa shape index (κ2) is 17.0. The molecule has 2 fully saturated rings. The van der Waals surface area contributed by atoms with Crippen molar-refractivity contribution >= 4 is 11.9 Å². The van der Waals surface area contributed by atoms with E-state index in [1.54, 1.807) is 0 Å². The van der Waals surface area contributed by atoms with Crippen LogP contribution in [0.25, 0.3) is 0 Å². The monoisotopic (exact) mass is 506 g/mol. The van der Waals surface area contributed by atoms with E-state index in [4.69, 9.17) is 19.7 Å². The molecule has 2 aliphatic carbocycles. The van der Waals surface area contributed by atoms with Crippen LogP contribution in [0.4, 0.5) is 0 Å². The minimum atomic E-state index is -0.623. The van der Waals surface area contributed by atoms with Gasteiger partial charge in [0.1, 0.15) is 0 Å². The van der Waals surface area contributed by atoms with Crippen molar-refractivity contribution in [2.75, 3.05) is 26.4 Å². The lowest BCUT2D eigenvalue weighted by atomic mass is 9.72. The summed E-state index contributed by atoms with van der Waals surface area (Å²) in [5.74, 6) is 1.54. The van der Waals surface area contributed by atoms with Crippen molar-refractivity contribution in [1.82, 2.24) is 0 Å². The zero-order valence-electron chi connectivity index (χ0n) is 22.6. The quantitative estimate of drug-likeness (QED) is 0.157. The molecule has 0 aromatic heterocycles. The summed E-state index contributed by atoms with van der Waals surface area (Å²) in [7, 11) is 0. The Kier molecular flexibility index (Phi) is 14.4. The van der Waals surface area contributed by atoms with E-state index < -0.39 is 25.2 Å². The third-order valence-corrected chi connectivity index (χ3v) is 8.54. The molecule has 6 nitrogen and oxygen atoms in total. The molecule has 0 aliphatic heterocycles. The molecule has 0 amide bonds.